The van der Waals surface area contributed by atoms with E-state index in [1.54, 1.807) is 0 Å². The van der Waals surface area contributed by atoms with Crippen molar-refractivity contribution in [1.29, 1.82) is 0 Å². The van der Waals surface area contributed by atoms with Crippen molar-refractivity contribution in [3.63, 3.8) is 0 Å². The Morgan fingerprint density at radius 2 is 2.00 bits per heavy atom. The molecule has 2 N–H and O–H groups in total. The largest absolute Gasteiger partial charge is 0.340 e. The second-order valence-corrected chi connectivity index (χ2v) is 7.27. The summed E-state index contributed by atoms with van der Waals surface area (Å²) in [6.07, 6.45) is 3.39. The van der Waals surface area contributed by atoms with Gasteiger partial charge in [-0.15, -0.1) is 0 Å². The van der Waals surface area contributed by atoms with E-state index in [0.717, 1.165) is 49.4 Å². The Hall–Kier alpha value is -3.26. The maximum Gasteiger partial charge on any atom is 0.270 e. The van der Waals surface area contributed by atoms with Gasteiger partial charge in [-0.25, -0.2) is 9.97 Å². The normalized spacial score (nSPS) is 16.5. The van der Waals surface area contributed by atoms with E-state index < -0.39 is 0 Å². The number of likely N-dealkylation sites (N-methyl/N-ethyl adjacent to an activating group) is 1. The zero-order valence-electron chi connectivity index (χ0n) is 15.6. The minimum absolute atomic E-state index is 0.00536. The number of carbonyl (C=O) groups excluding carboxylic acids is 1. The van der Waals surface area contributed by atoms with Gasteiger partial charge in [-0.1, -0.05) is 6.07 Å². The highest BCUT2D eigenvalue weighted by Gasteiger charge is 2.22. The molecule has 2 aromatic heterocycles. The van der Waals surface area contributed by atoms with E-state index in [9.17, 15) is 4.79 Å². The molecule has 0 atom stereocenters. The minimum Gasteiger partial charge on any atom is -0.340 e. The Morgan fingerprint density at radius 3 is 2.86 bits per heavy atom. The molecule has 0 unspecified atom stereocenters. The number of aromatic amines is 1. The summed E-state index contributed by atoms with van der Waals surface area (Å²) in [4.78, 5) is 33.1. The summed E-state index contributed by atoms with van der Waals surface area (Å²) in [5.74, 6) is 0.680. The number of aliphatic imine (C=N–C) groups is 1. The number of rotatable bonds is 3. The standard InChI is InChI=1S/C20H21N7O/c1-26-4-6-27(7-5-26)20(28)17-9-16-18(22-12-23-19(16)25-17)24-15-3-2-13-10-21-11-14(13)8-15/h2-3,8-9,11-12H,4-7,10H2,1H3,(H2,22,23,24,25). The topological polar surface area (TPSA) is 89.5 Å². The van der Waals surface area contributed by atoms with Gasteiger partial charge in [0.2, 0.25) is 0 Å². The molecule has 0 radical (unpaired) electrons. The Kier molecular flexibility index (Phi) is 4.05. The maximum absolute atomic E-state index is 12.9. The Morgan fingerprint density at radius 1 is 1.14 bits per heavy atom. The van der Waals surface area contributed by atoms with Crippen LogP contribution in [0.15, 0.2) is 35.6 Å². The fraction of sp³-hybridized carbons (Fsp3) is 0.300. The number of aromatic nitrogens is 3. The molecule has 8 heteroatoms. The number of nitrogens with one attached hydrogen (secondary N) is 2. The molecular weight excluding hydrogens is 354 g/mol. The number of benzene rings is 1. The number of amides is 1. The number of fused-ring (bicyclic) bond motifs is 2. The van der Waals surface area contributed by atoms with Crippen LogP contribution >= 0.6 is 0 Å². The molecule has 1 aromatic carbocycles. The number of piperazine rings is 1. The zero-order valence-corrected chi connectivity index (χ0v) is 15.6. The van der Waals surface area contributed by atoms with Crippen LogP contribution in [0.2, 0.25) is 0 Å². The number of anilines is 2. The quantitative estimate of drug-likeness (QED) is 0.731. The molecule has 0 spiro atoms. The van der Waals surface area contributed by atoms with Crippen molar-refractivity contribution in [2.75, 3.05) is 38.5 Å². The van der Waals surface area contributed by atoms with Gasteiger partial charge in [-0.05, 0) is 36.4 Å². The molecule has 5 rings (SSSR count). The highest BCUT2D eigenvalue weighted by Crippen LogP contribution is 2.26. The molecule has 1 saturated heterocycles. The van der Waals surface area contributed by atoms with Gasteiger partial charge in [-0.2, -0.15) is 0 Å². The van der Waals surface area contributed by atoms with Crippen LogP contribution in [0.25, 0.3) is 11.0 Å². The van der Waals surface area contributed by atoms with Crippen molar-refractivity contribution in [2.45, 2.75) is 6.54 Å². The van der Waals surface area contributed by atoms with Crippen molar-refractivity contribution in [1.82, 2.24) is 24.8 Å². The SMILES string of the molecule is CN1CCN(C(=O)c2cc3c(Nc4ccc5c(c4)C=NC5)ncnc3[nH]2)CC1. The third-order valence-corrected chi connectivity index (χ3v) is 5.35. The molecule has 0 aliphatic carbocycles. The lowest BCUT2D eigenvalue weighted by molar-refractivity contribution is 0.0659. The van der Waals surface area contributed by atoms with E-state index in [0.29, 0.717) is 17.2 Å². The first-order valence-electron chi connectivity index (χ1n) is 9.39. The van der Waals surface area contributed by atoms with Crippen LogP contribution in [0.3, 0.4) is 0 Å². The molecule has 8 nitrogen and oxygen atoms in total. The monoisotopic (exact) mass is 375 g/mol. The lowest BCUT2D eigenvalue weighted by Gasteiger charge is -2.32. The summed E-state index contributed by atoms with van der Waals surface area (Å²) >= 11 is 0. The molecular formula is C20H21N7O. The van der Waals surface area contributed by atoms with Crippen molar-refractivity contribution in [3.05, 3.63) is 47.4 Å². The molecule has 2 aliphatic heterocycles. The molecule has 1 amide bonds. The van der Waals surface area contributed by atoms with E-state index in [1.807, 2.05) is 23.2 Å². The third kappa shape index (κ3) is 3.01. The van der Waals surface area contributed by atoms with Gasteiger partial charge in [0.1, 0.15) is 23.5 Å². The molecule has 1 fully saturated rings. The van der Waals surface area contributed by atoms with Crippen LogP contribution in [0, 0.1) is 0 Å². The van der Waals surface area contributed by atoms with Gasteiger partial charge in [0.15, 0.2) is 0 Å². The number of hydrogen-bond acceptors (Lipinski definition) is 6. The average molecular weight is 375 g/mol. The van der Waals surface area contributed by atoms with Crippen LogP contribution in [0.5, 0.6) is 0 Å². The number of carbonyl (C=O) groups is 1. The third-order valence-electron chi connectivity index (χ3n) is 5.35. The molecule has 2 aliphatic rings. The maximum atomic E-state index is 12.9. The summed E-state index contributed by atoms with van der Waals surface area (Å²) in [6.45, 7) is 3.99. The first kappa shape index (κ1) is 16.9. The summed E-state index contributed by atoms with van der Waals surface area (Å²) < 4.78 is 0. The molecule has 0 bridgehead atoms. The smallest absolute Gasteiger partial charge is 0.270 e. The fourth-order valence-corrected chi connectivity index (χ4v) is 3.65. The van der Waals surface area contributed by atoms with Crippen LogP contribution < -0.4 is 5.32 Å². The van der Waals surface area contributed by atoms with Crippen LogP contribution in [0.1, 0.15) is 21.6 Å². The fourth-order valence-electron chi connectivity index (χ4n) is 3.65. The Labute approximate surface area is 162 Å². The van der Waals surface area contributed by atoms with Crippen molar-refractivity contribution >= 4 is 34.7 Å². The summed E-state index contributed by atoms with van der Waals surface area (Å²) in [6, 6.07) is 7.99. The number of hydrogen-bond donors (Lipinski definition) is 2. The van der Waals surface area contributed by atoms with Crippen LogP contribution in [-0.2, 0) is 6.54 Å². The summed E-state index contributed by atoms with van der Waals surface area (Å²) in [7, 11) is 2.07. The Bertz CT molecular complexity index is 1080. The van der Waals surface area contributed by atoms with Gasteiger partial charge >= 0.3 is 0 Å². The average Bonchev–Trinajstić information content (AvgIpc) is 3.35. The first-order chi connectivity index (χ1) is 13.7. The van der Waals surface area contributed by atoms with Crippen LogP contribution in [0.4, 0.5) is 11.5 Å². The summed E-state index contributed by atoms with van der Waals surface area (Å²) in [5, 5.41) is 4.15. The highest BCUT2D eigenvalue weighted by molar-refractivity contribution is 6.00. The van der Waals surface area contributed by atoms with Gasteiger partial charge in [0.05, 0.1) is 11.9 Å². The van der Waals surface area contributed by atoms with E-state index in [1.165, 1.54) is 11.9 Å². The second-order valence-electron chi connectivity index (χ2n) is 7.27. The lowest BCUT2D eigenvalue weighted by atomic mass is 10.1. The summed E-state index contributed by atoms with van der Waals surface area (Å²) in [5.41, 5.74) is 4.47. The van der Waals surface area contributed by atoms with Crippen molar-refractivity contribution in [2.24, 2.45) is 4.99 Å². The zero-order chi connectivity index (χ0) is 19.1. The molecule has 4 heterocycles. The van der Waals surface area contributed by atoms with Gasteiger partial charge in [0.25, 0.3) is 5.91 Å². The molecule has 3 aromatic rings. The Balaban J connectivity index is 1.43. The van der Waals surface area contributed by atoms with Gasteiger partial charge in [-0.3, -0.25) is 9.79 Å². The van der Waals surface area contributed by atoms with E-state index in [-0.39, 0.29) is 5.91 Å². The van der Waals surface area contributed by atoms with Gasteiger partial charge in [0, 0.05) is 38.1 Å². The first-order valence-corrected chi connectivity index (χ1v) is 9.39. The van der Waals surface area contributed by atoms with E-state index in [2.05, 4.69) is 49.3 Å². The lowest BCUT2D eigenvalue weighted by Crippen LogP contribution is -2.47. The van der Waals surface area contributed by atoms with E-state index >= 15 is 0 Å². The number of nitrogens with zero attached hydrogens (tertiary/aromatic N) is 5. The predicted molar refractivity (Wildman–Crippen MR) is 108 cm³/mol. The van der Waals surface area contributed by atoms with Crippen molar-refractivity contribution in [3.8, 4) is 0 Å². The molecule has 28 heavy (non-hydrogen) atoms. The van der Waals surface area contributed by atoms with E-state index in [4.69, 9.17) is 0 Å². The van der Waals surface area contributed by atoms with Gasteiger partial charge < -0.3 is 20.1 Å². The number of H-pyrrole nitrogens is 1. The molecule has 142 valence electrons. The molecule has 0 saturated carbocycles. The van der Waals surface area contributed by atoms with Crippen molar-refractivity contribution < 1.29 is 4.79 Å². The van der Waals surface area contributed by atoms with Crippen LogP contribution in [-0.4, -0.2) is 70.1 Å². The highest BCUT2D eigenvalue weighted by atomic mass is 16.2. The second kappa shape index (κ2) is 6.72. The predicted octanol–water partition coefficient (Wildman–Crippen LogP) is 2.02. The minimum atomic E-state index is 0.00536.